The molecule has 0 bridgehead atoms. The SMILES string of the molecule is CCn1cc(C(=O)c2cc[n+](C)c(C)c2C)c(=O)c2ccc(C)nc21.[I-]. The van der Waals surface area contributed by atoms with Crippen molar-refractivity contribution in [3.05, 3.63) is 68.9 Å². The summed E-state index contributed by atoms with van der Waals surface area (Å²) in [6.45, 7) is 8.37. The van der Waals surface area contributed by atoms with Crippen molar-refractivity contribution in [1.82, 2.24) is 9.55 Å². The van der Waals surface area contributed by atoms with E-state index in [0.29, 0.717) is 23.1 Å². The molecule has 5 nitrogen and oxygen atoms in total. The van der Waals surface area contributed by atoms with Crippen LogP contribution < -0.4 is 34.0 Å². The second-order valence-electron chi connectivity index (χ2n) is 6.36. The van der Waals surface area contributed by atoms with Gasteiger partial charge in [0.05, 0.1) is 10.9 Å². The quantitative estimate of drug-likeness (QED) is 0.296. The fourth-order valence-electron chi connectivity index (χ4n) is 3.04. The van der Waals surface area contributed by atoms with Gasteiger partial charge in [-0.1, -0.05) is 0 Å². The van der Waals surface area contributed by atoms with Crippen molar-refractivity contribution in [1.29, 1.82) is 0 Å². The first-order valence-electron chi connectivity index (χ1n) is 8.36. The number of ketones is 1. The molecule has 0 aliphatic heterocycles. The van der Waals surface area contributed by atoms with Crippen LogP contribution in [0.15, 0.2) is 35.4 Å². The molecule has 0 atom stereocenters. The summed E-state index contributed by atoms with van der Waals surface area (Å²) in [5.41, 5.74) is 3.85. The predicted octanol–water partition coefficient (Wildman–Crippen LogP) is -0.599. The number of aryl methyl sites for hydroxylation is 3. The highest BCUT2D eigenvalue weighted by Gasteiger charge is 2.22. The second-order valence-corrected chi connectivity index (χ2v) is 6.36. The normalized spacial score (nSPS) is 10.7. The highest BCUT2D eigenvalue weighted by Crippen LogP contribution is 2.16. The third-order valence-electron chi connectivity index (χ3n) is 4.83. The molecule has 136 valence electrons. The molecule has 0 fully saturated rings. The van der Waals surface area contributed by atoms with E-state index in [4.69, 9.17) is 0 Å². The standard InChI is InChI=1S/C20H22N3O2.HI/c1-6-23-11-17(19(25)16-8-7-12(2)21-20(16)23)18(24)15-9-10-22(5)14(4)13(15)3;/h7-11H,6H2,1-5H3;1H/q+1;/p-1. The van der Waals surface area contributed by atoms with E-state index in [1.807, 2.05) is 50.1 Å². The first-order chi connectivity index (χ1) is 11.8. The summed E-state index contributed by atoms with van der Waals surface area (Å²) in [6.07, 6.45) is 3.49. The molecule has 3 heterocycles. The van der Waals surface area contributed by atoms with E-state index >= 15 is 0 Å². The van der Waals surface area contributed by atoms with Gasteiger partial charge in [0.15, 0.2) is 17.7 Å². The molecule has 6 heteroatoms. The summed E-state index contributed by atoms with van der Waals surface area (Å²) in [4.78, 5) is 30.5. The molecular weight excluding hydrogens is 441 g/mol. The minimum atomic E-state index is -0.262. The number of nitrogens with zero attached hydrogens (tertiary/aromatic N) is 3. The van der Waals surface area contributed by atoms with Crippen molar-refractivity contribution >= 4 is 16.8 Å². The summed E-state index contributed by atoms with van der Waals surface area (Å²) >= 11 is 0. The van der Waals surface area contributed by atoms with Gasteiger partial charge in [0.25, 0.3) is 0 Å². The maximum absolute atomic E-state index is 13.1. The number of hydrogen-bond acceptors (Lipinski definition) is 3. The van der Waals surface area contributed by atoms with Crippen molar-refractivity contribution in [3.8, 4) is 0 Å². The Morgan fingerprint density at radius 3 is 2.50 bits per heavy atom. The molecule has 0 N–H and O–H groups in total. The average Bonchev–Trinajstić information content (AvgIpc) is 2.59. The molecule has 3 aromatic rings. The fraction of sp³-hybridized carbons (Fsp3) is 0.300. The summed E-state index contributed by atoms with van der Waals surface area (Å²) in [5.74, 6) is -0.240. The first-order valence-corrected chi connectivity index (χ1v) is 8.36. The average molecular weight is 463 g/mol. The molecule has 3 aromatic heterocycles. The van der Waals surface area contributed by atoms with Gasteiger partial charge in [-0.2, -0.15) is 0 Å². The lowest BCUT2D eigenvalue weighted by Gasteiger charge is -2.12. The minimum absolute atomic E-state index is 0. The molecule has 0 saturated carbocycles. The Labute approximate surface area is 169 Å². The van der Waals surface area contributed by atoms with Crippen LogP contribution in [0.1, 0.15) is 39.8 Å². The van der Waals surface area contributed by atoms with E-state index in [1.165, 1.54) is 0 Å². The van der Waals surface area contributed by atoms with Crippen molar-refractivity contribution in [2.45, 2.75) is 34.2 Å². The van der Waals surface area contributed by atoms with E-state index < -0.39 is 0 Å². The van der Waals surface area contributed by atoms with Crippen LogP contribution in [0.5, 0.6) is 0 Å². The Balaban J connectivity index is 0.00000243. The number of halogens is 1. The molecular formula is C20H22IN3O2. The van der Waals surface area contributed by atoms with Crippen molar-refractivity contribution in [3.63, 3.8) is 0 Å². The number of carbonyl (C=O) groups excluding carboxylic acids is 1. The molecule has 0 saturated heterocycles. The zero-order valence-corrected chi connectivity index (χ0v) is 17.8. The number of carbonyl (C=O) groups is 1. The molecule has 0 unspecified atom stereocenters. The number of pyridine rings is 3. The number of hydrogen-bond donors (Lipinski definition) is 0. The van der Waals surface area contributed by atoms with Crippen LogP contribution in [-0.2, 0) is 13.6 Å². The summed E-state index contributed by atoms with van der Waals surface area (Å²) in [5, 5.41) is 0.481. The van der Waals surface area contributed by atoms with Gasteiger partial charge in [0.1, 0.15) is 12.7 Å². The number of fused-ring (bicyclic) bond motifs is 1. The van der Waals surface area contributed by atoms with E-state index in [9.17, 15) is 9.59 Å². The largest absolute Gasteiger partial charge is 1.00 e. The van der Waals surface area contributed by atoms with Crippen LogP contribution in [0.3, 0.4) is 0 Å². The maximum Gasteiger partial charge on any atom is 0.202 e. The summed E-state index contributed by atoms with van der Waals surface area (Å²) in [6, 6.07) is 5.33. The molecule has 0 amide bonds. The van der Waals surface area contributed by atoms with E-state index in [-0.39, 0.29) is 40.8 Å². The fourth-order valence-corrected chi connectivity index (χ4v) is 3.04. The van der Waals surface area contributed by atoms with Crippen molar-refractivity contribution < 1.29 is 33.3 Å². The lowest BCUT2D eigenvalue weighted by Crippen LogP contribution is -3.00. The molecule has 3 rings (SSSR count). The van der Waals surface area contributed by atoms with E-state index in [0.717, 1.165) is 17.0 Å². The van der Waals surface area contributed by atoms with Gasteiger partial charge < -0.3 is 28.5 Å². The number of aromatic nitrogens is 3. The first kappa shape index (κ1) is 20.2. The Morgan fingerprint density at radius 2 is 1.85 bits per heavy atom. The minimum Gasteiger partial charge on any atom is -1.00 e. The summed E-state index contributed by atoms with van der Waals surface area (Å²) in [7, 11) is 1.94. The molecule has 0 aliphatic rings. The third kappa shape index (κ3) is 3.30. The van der Waals surface area contributed by atoms with Crippen molar-refractivity contribution in [2.24, 2.45) is 7.05 Å². The van der Waals surface area contributed by atoms with Gasteiger partial charge in [0.2, 0.25) is 5.43 Å². The molecule has 26 heavy (non-hydrogen) atoms. The maximum atomic E-state index is 13.1. The molecule has 0 aliphatic carbocycles. The Kier molecular flexibility index (Phi) is 5.95. The predicted molar refractivity (Wildman–Crippen MR) is 96.9 cm³/mol. The zero-order valence-electron chi connectivity index (χ0n) is 15.6. The van der Waals surface area contributed by atoms with Gasteiger partial charge in [-0.3, -0.25) is 9.59 Å². The topological polar surface area (TPSA) is 55.8 Å². The lowest BCUT2D eigenvalue weighted by molar-refractivity contribution is -0.678. The smallest absolute Gasteiger partial charge is 0.202 e. The van der Waals surface area contributed by atoms with Gasteiger partial charge in [-0.05, 0) is 32.9 Å². The lowest BCUT2D eigenvalue weighted by atomic mass is 9.98. The van der Waals surface area contributed by atoms with Crippen LogP contribution >= 0.6 is 0 Å². The van der Waals surface area contributed by atoms with Crippen LogP contribution in [0.25, 0.3) is 11.0 Å². The zero-order chi connectivity index (χ0) is 18.3. The summed E-state index contributed by atoms with van der Waals surface area (Å²) < 4.78 is 3.83. The van der Waals surface area contributed by atoms with Gasteiger partial charge in [0, 0.05) is 42.6 Å². The van der Waals surface area contributed by atoms with Gasteiger partial charge in [-0.15, -0.1) is 0 Å². The van der Waals surface area contributed by atoms with Gasteiger partial charge in [-0.25, -0.2) is 9.55 Å². The molecule has 0 aromatic carbocycles. The number of rotatable bonds is 3. The highest BCUT2D eigenvalue weighted by molar-refractivity contribution is 6.10. The molecule has 0 radical (unpaired) electrons. The molecule has 0 spiro atoms. The van der Waals surface area contributed by atoms with Crippen molar-refractivity contribution in [2.75, 3.05) is 0 Å². The van der Waals surface area contributed by atoms with Crippen LogP contribution in [0.4, 0.5) is 0 Å². The van der Waals surface area contributed by atoms with E-state index in [1.54, 1.807) is 24.4 Å². The highest BCUT2D eigenvalue weighted by atomic mass is 127. The monoisotopic (exact) mass is 463 g/mol. The second kappa shape index (κ2) is 7.65. The van der Waals surface area contributed by atoms with Crippen LogP contribution in [0.2, 0.25) is 0 Å². The Hall–Kier alpha value is -2.09. The van der Waals surface area contributed by atoms with Crippen LogP contribution in [0, 0.1) is 20.8 Å². The third-order valence-corrected chi connectivity index (χ3v) is 4.83. The van der Waals surface area contributed by atoms with Crippen LogP contribution in [-0.4, -0.2) is 15.3 Å². The van der Waals surface area contributed by atoms with Gasteiger partial charge >= 0.3 is 0 Å². The Bertz CT molecular complexity index is 1070. The van der Waals surface area contributed by atoms with E-state index in [2.05, 4.69) is 4.98 Å². The Morgan fingerprint density at radius 1 is 1.15 bits per heavy atom.